The first-order chi connectivity index (χ1) is 11.2. The Labute approximate surface area is 145 Å². The van der Waals surface area contributed by atoms with Crippen LogP contribution in [0.15, 0.2) is 4.52 Å². The van der Waals surface area contributed by atoms with Crippen LogP contribution >= 0.6 is 0 Å². The van der Waals surface area contributed by atoms with Gasteiger partial charge >= 0.3 is 6.03 Å². The monoisotopic (exact) mass is 337 g/mol. The van der Waals surface area contributed by atoms with Crippen molar-refractivity contribution in [3.8, 4) is 0 Å². The van der Waals surface area contributed by atoms with Crippen LogP contribution in [0, 0.1) is 0 Å². The van der Waals surface area contributed by atoms with Gasteiger partial charge in [0.05, 0.1) is 6.54 Å². The normalized spacial score (nSPS) is 17.2. The van der Waals surface area contributed by atoms with Gasteiger partial charge in [0.15, 0.2) is 5.82 Å². The summed E-state index contributed by atoms with van der Waals surface area (Å²) in [5.41, 5.74) is -0.130. The number of urea groups is 1. The lowest BCUT2D eigenvalue weighted by Gasteiger charge is -2.29. The first-order valence-corrected chi connectivity index (χ1v) is 8.75. The van der Waals surface area contributed by atoms with Crippen molar-refractivity contribution in [2.24, 2.45) is 0 Å². The van der Waals surface area contributed by atoms with Gasteiger partial charge in [0.25, 0.3) is 0 Å². The van der Waals surface area contributed by atoms with Crippen molar-refractivity contribution in [3.05, 3.63) is 11.7 Å². The molecule has 7 heteroatoms. The second-order valence-corrected chi connectivity index (χ2v) is 7.87. The van der Waals surface area contributed by atoms with Gasteiger partial charge in [0.2, 0.25) is 5.89 Å². The molecule has 0 atom stereocenters. The standard InChI is InChI=1S/C17H31N5O2/c1-13(2)20(6)16(23)22-9-7-8-21(10-11-22)12-14-18-15(24-19-14)17(3,4)5/h13H,7-12H2,1-6H3. The van der Waals surface area contributed by atoms with Crippen molar-refractivity contribution in [2.45, 2.75) is 59.0 Å². The summed E-state index contributed by atoms with van der Waals surface area (Å²) in [7, 11) is 1.86. The Morgan fingerprint density at radius 2 is 1.96 bits per heavy atom. The largest absolute Gasteiger partial charge is 0.339 e. The van der Waals surface area contributed by atoms with Crippen LogP contribution in [0.1, 0.15) is 52.8 Å². The first kappa shape index (κ1) is 18.7. The third kappa shape index (κ3) is 4.69. The number of carbonyl (C=O) groups is 1. The second kappa shape index (κ2) is 7.51. The van der Waals surface area contributed by atoms with Crippen molar-refractivity contribution in [3.63, 3.8) is 0 Å². The molecule has 1 saturated heterocycles. The predicted molar refractivity (Wildman–Crippen MR) is 92.8 cm³/mol. The molecule has 0 spiro atoms. The molecule has 0 aliphatic carbocycles. The lowest BCUT2D eigenvalue weighted by atomic mass is 9.97. The third-order valence-electron chi connectivity index (χ3n) is 4.41. The van der Waals surface area contributed by atoms with Crippen molar-refractivity contribution >= 4 is 6.03 Å². The fourth-order valence-electron chi connectivity index (χ4n) is 2.59. The van der Waals surface area contributed by atoms with E-state index in [4.69, 9.17) is 4.52 Å². The van der Waals surface area contributed by atoms with Gasteiger partial charge in [-0.3, -0.25) is 4.90 Å². The molecule has 1 aliphatic rings. The minimum absolute atomic E-state index is 0.112. The van der Waals surface area contributed by atoms with Crippen LogP contribution in [-0.2, 0) is 12.0 Å². The summed E-state index contributed by atoms with van der Waals surface area (Å²) in [6, 6.07) is 0.327. The number of aromatic nitrogens is 2. The topological polar surface area (TPSA) is 65.7 Å². The minimum atomic E-state index is -0.130. The molecule has 0 unspecified atom stereocenters. The van der Waals surface area contributed by atoms with E-state index in [9.17, 15) is 4.79 Å². The molecule has 136 valence electrons. The fraction of sp³-hybridized carbons (Fsp3) is 0.824. The van der Waals surface area contributed by atoms with Crippen LogP contribution in [-0.4, -0.2) is 70.1 Å². The fourth-order valence-corrected chi connectivity index (χ4v) is 2.59. The summed E-state index contributed by atoms with van der Waals surface area (Å²) in [4.78, 5) is 23.0. The molecule has 1 aliphatic heterocycles. The summed E-state index contributed by atoms with van der Waals surface area (Å²) in [6.45, 7) is 14.2. The zero-order valence-electron chi connectivity index (χ0n) is 15.9. The van der Waals surface area contributed by atoms with Gasteiger partial charge in [-0.15, -0.1) is 0 Å². The van der Waals surface area contributed by atoms with Crippen LogP contribution in [0.2, 0.25) is 0 Å². The molecule has 0 N–H and O–H groups in total. The highest BCUT2D eigenvalue weighted by Crippen LogP contribution is 2.20. The predicted octanol–water partition coefficient (Wildman–Crippen LogP) is 2.33. The van der Waals surface area contributed by atoms with Crippen molar-refractivity contribution in [1.82, 2.24) is 24.8 Å². The minimum Gasteiger partial charge on any atom is -0.339 e. The van der Waals surface area contributed by atoms with E-state index in [1.165, 1.54) is 0 Å². The Morgan fingerprint density at radius 1 is 1.25 bits per heavy atom. The maximum atomic E-state index is 12.5. The van der Waals surface area contributed by atoms with E-state index >= 15 is 0 Å². The van der Waals surface area contributed by atoms with Gasteiger partial charge in [0, 0.05) is 44.7 Å². The van der Waals surface area contributed by atoms with E-state index in [2.05, 4.69) is 35.8 Å². The smallest absolute Gasteiger partial charge is 0.320 e. The molecule has 1 aromatic heterocycles. The molecular formula is C17H31N5O2. The zero-order valence-corrected chi connectivity index (χ0v) is 15.9. The molecule has 0 radical (unpaired) electrons. The summed E-state index contributed by atoms with van der Waals surface area (Å²) in [6.07, 6.45) is 0.960. The summed E-state index contributed by atoms with van der Waals surface area (Å²) in [5, 5.41) is 4.10. The number of carbonyl (C=O) groups excluding carboxylic acids is 1. The molecule has 0 bridgehead atoms. The average Bonchev–Trinajstić information content (AvgIpc) is 2.85. The van der Waals surface area contributed by atoms with Crippen molar-refractivity contribution in [1.29, 1.82) is 0 Å². The molecule has 1 aromatic rings. The molecule has 1 fully saturated rings. The van der Waals surface area contributed by atoms with E-state index < -0.39 is 0 Å². The number of hydrogen-bond acceptors (Lipinski definition) is 5. The van der Waals surface area contributed by atoms with Crippen LogP contribution in [0.5, 0.6) is 0 Å². The van der Waals surface area contributed by atoms with Crippen LogP contribution in [0.4, 0.5) is 4.79 Å². The molecule has 2 rings (SSSR count). The van der Waals surface area contributed by atoms with Crippen LogP contribution in [0.3, 0.4) is 0 Å². The number of amides is 2. The van der Waals surface area contributed by atoms with E-state index in [1.54, 1.807) is 4.90 Å². The molecule has 24 heavy (non-hydrogen) atoms. The lowest BCUT2D eigenvalue weighted by molar-refractivity contribution is 0.153. The van der Waals surface area contributed by atoms with Crippen molar-refractivity contribution in [2.75, 3.05) is 33.2 Å². The Morgan fingerprint density at radius 3 is 2.54 bits per heavy atom. The Kier molecular flexibility index (Phi) is 5.85. The van der Waals surface area contributed by atoms with Crippen LogP contribution < -0.4 is 0 Å². The van der Waals surface area contributed by atoms with E-state index in [1.807, 2.05) is 25.8 Å². The highest BCUT2D eigenvalue weighted by atomic mass is 16.5. The van der Waals surface area contributed by atoms with E-state index in [0.29, 0.717) is 12.4 Å². The second-order valence-electron chi connectivity index (χ2n) is 7.87. The Balaban J connectivity index is 1.91. The molecule has 0 saturated carbocycles. The van der Waals surface area contributed by atoms with Gasteiger partial charge in [0.1, 0.15) is 0 Å². The first-order valence-electron chi connectivity index (χ1n) is 8.75. The van der Waals surface area contributed by atoms with E-state index in [0.717, 1.165) is 38.4 Å². The summed E-state index contributed by atoms with van der Waals surface area (Å²) >= 11 is 0. The SMILES string of the molecule is CC(C)N(C)C(=O)N1CCCN(Cc2noc(C(C)(C)C)n2)CC1. The average molecular weight is 337 g/mol. The number of nitrogens with zero attached hydrogens (tertiary/aromatic N) is 5. The van der Waals surface area contributed by atoms with Gasteiger partial charge in [-0.05, 0) is 20.3 Å². The molecule has 7 nitrogen and oxygen atoms in total. The van der Waals surface area contributed by atoms with Crippen molar-refractivity contribution < 1.29 is 9.32 Å². The van der Waals surface area contributed by atoms with Gasteiger partial charge in [-0.1, -0.05) is 25.9 Å². The quantitative estimate of drug-likeness (QED) is 0.847. The Bertz CT molecular complexity index is 549. The maximum absolute atomic E-state index is 12.5. The zero-order chi connectivity index (χ0) is 17.9. The molecule has 2 amide bonds. The van der Waals surface area contributed by atoms with Gasteiger partial charge in [-0.25, -0.2) is 4.79 Å². The Hall–Kier alpha value is -1.63. The molecular weight excluding hydrogens is 306 g/mol. The third-order valence-corrected chi connectivity index (χ3v) is 4.41. The maximum Gasteiger partial charge on any atom is 0.320 e. The number of rotatable bonds is 3. The van der Waals surface area contributed by atoms with E-state index in [-0.39, 0.29) is 17.5 Å². The lowest BCUT2D eigenvalue weighted by Crippen LogP contribution is -2.45. The molecule has 0 aromatic carbocycles. The summed E-state index contributed by atoms with van der Waals surface area (Å²) < 4.78 is 5.36. The summed E-state index contributed by atoms with van der Waals surface area (Å²) in [5.74, 6) is 1.39. The van der Waals surface area contributed by atoms with Crippen LogP contribution in [0.25, 0.3) is 0 Å². The van der Waals surface area contributed by atoms with Gasteiger partial charge in [-0.2, -0.15) is 4.98 Å². The highest BCUT2D eigenvalue weighted by Gasteiger charge is 2.25. The molecule has 2 heterocycles. The van der Waals surface area contributed by atoms with Gasteiger partial charge < -0.3 is 14.3 Å². The number of hydrogen-bond donors (Lipinski definition) is 0. The highest BCUT2D eigenvalue weighted by molar-refractivity contribution is 5.74.